The number of hydrogen-bond acceptors (Lipinski definition) is 2. The minimum absolute atomic E-state index is 0. The van der Waals surface area contributed by atoms with E-state index in [1.54, 1.807) is 11.8 Å². The Hall–Kier alpha value is -0.250. The van der Waals surface area contributed by atoms with Crippen LogP contribution in [0.5, 0.6) is 0 Å². The molecule has 13 heavy (non-hydrogen) atoms. The van der Waals surface area contributed by atoms with Gasteiger partial charge in [0.05, 0.1) is 6.04 Å². The quantitative estimate of drug-likeness (QED) is 0.795. The Morgan fingerprint density at radius 3 is 2.31 bits per heavy atom. The lowest BCUT2D eigenvalue weighted by molar-refractivity contribution is 0.437. The summed E-state index contributed by atoms with van der Waals surface area (Å²) in [6, 6.07) is 7.18. The lowest BCUT2D eigenvalue weighted by atomic mass is 10.1. The SMILES string of the molecule is CSc1ccc([C@H](N)CF)cc1.Cl. The summed E-state index contributed by atoms with van der Waals surface area (Å²) < 4.78 is 12.1. The van der Waals surface area contributed by atoms with Gasteiger partial charge in [-0.2, -0.15) is 0 Å². The highest BCUT2D eigenvalue weighted by Gasteiger charge is 2.03. The molecule has 0 aromatic heterocycles. The van der Waals surface area contributed by atoms with Crippen LogP contribution in [-0.2, 0) is 0 Å². The maximum absolute atomic E-state index is 12.1. The summed E-state index contributed by atoms with van der Waals surface area (Å²) >= 11 is 1.66. The molecule has 0 saturated heterocycles. The maximum atomic E-state index is 12.1. The molecule has 0 bridgehead atoms. The summed E-state index contributed by atoms with van der Waals surface area (Å²) in [6.07, 6.45) is 2.00. The molecule has 1 atom stereocenters. The Labute approximate surface area is 88.3 Å². The van der Waals surface area contributed by atoms with Crippen molar-refractivity contribution < 1.29 is 4.39 Å². The summed E-state index contributed by atoms with van der Waals surface area (Å²) in [5.74, 6) is 0. The number of alkyl halides is 1. The van der Waals surface area contributed by atoms with Crippen molar-refractivity contribution in [2.75, 3.05) is 12.9 Å². The van der Waals surface area contributed by atoms with Gasteiger partial charge < -0.3 is 5.73 Å². The van der Waals surface area contributed by atoms with Crippen LogP contribution in [-0.4, -0.2) is 12.9 Å². The van der Waals surface area contributed by atoms with E-state index < -0.39 is 12.7 Å². The van der Waals surface area contributed by atoms with Gasteiger partial charge in [-0.15, -0.1) is 24.2 Å². The predicted octanol–water partition coefficient (Wildman–Crippen LogP) is 2.80. The number of hydrogen-bond donors (Lipinski definition) is 1. The highest BCUT2D eigenvalue weighted by molar-refractivity contribution is 7.98. The topological polar surface area (TPSA) is 26.0 Å². The average Bonchev–Trinajstić information content (AvgIpc) is 2.17. The first kappa shape index (κ1) is 12.8. The normalized spacial score (nSPS) is 11.9. The molecule has 1 aromatic rings. The van der Waals surface area contributed by atoms with Crippen molar-refractivity contribution in [2.45, 2.75) is 10.9 Å². The number of rotatable bonds is 3. The van der Waals surface area contributed by atoms with Crippen molar-refractivity contribution in [2.24, 2.45) is 5.73 Å². The fourth-order valence-corrected chi connectivity index (χ4v) is 1.35. The highest BCUT2D eigenvalue weighted by Crippen LogP contribution is 2.17. The number of benzene rings is 1. The minimum atomic E-state index is -0.501. The summed E-state index contributed by atoms with van der Waals surface area (Å²) in [7, 11) is 0. The van der Waals surface area contributed by atoms with Crippen molar-refractivity contribution >= 4 is 24.2 Å². The van der Waals surface area contributed by atoms with E-state index >= 15 is 0 Å². The molecular weight excluding hydrogens is 209 g/mol. The van der Waals surface area contributed by atoms with Gasteiger partial charge in [-0.05, 0) is 24.0 Å². The summed E-state index contributed by atoms with van der Waals surface area (Å²) in [5.41, 5.74) is 6.36. The van der Waals surface area contributed by atoms with Crippen LogP contribution in [0.25, 0.3) is 0 Å². The molecule has 0 unspecified atom stereocenters. The van der Waals surface area contributed by atoms with Crippen molar-refractivity contribution in [3.63, 3.8) is 0 Å². The first-order valence-electron chi connectivity index (χ1n) is 3.73. The van der Waals surface area contributed by atoms with E-state index in [0.29, 0.717) is 0 Å². The maximum Gasteiger partial charge on any atom is 0.109 e. The van der Waals surface area contributed by atoms with E-state index in [1.165, 1.54) is 4.90 Å². The molecule has 0 radical (unpaired) electrons. The zero-order chi connectivity index (χ0) is 8.97. The van der Waals surface area contributed by atoms with Crippen molar-refractivity contribution in [3.05, 3.63) is 29.8 Å². The zero-order valence-electron chi connectivity index (χ0n) is 7.37. The monoisotopic (exact) mass is 221 g/mol. The van der Waals surface area contributed by atoms with Gasteiger partial charge >= 0.3 is 0 Å². The predicted molar refractivity (Wildman–Crippen MR) is 58.4 cm³/mol. The van der Waals surface area contributed by atoms with Crippen LogP contribution in [0.1, 0.15) is 11.6 Å². The Kier molecular flexibility index (Phi) is 6.12. The molecule has 0 aliphatic heterocycles. The van der Waals surface area contributed by atoms with Crippen LogP contribution in [0.4, 0.5) is 4.39 Å². The molecule has 0 aliphatic rings. The zero-order valence-corrected chi connectivity index (χ0v) is 9.00. The molecule has 0 fully saturated rings. The molecule has 0 aliphatic carbocycles. The average molecular weight is 222 g/mol. The van der Waals surface area contributed by atoms with E-state index in [1.807, 2.05) is 30.5 Å². The molecular formula is C9H13ClFNS. The largest absolute Gasteiger partial charge is 0.322 e. The second kappa shape index (κ2) is 6.24. The van der Waals surface area contributed by atoms with Gasteiger partial charge in [0, 0.05) is 4.90 Å². The third kappa shape index (κ3) is 3.55. The number of halogens is 2. The highest BCUT2D eigenvalue weighted by atomic mass is 35.5. The number of thioether (sulfide) groups is 1. The van der Waals surface area contributed by atoms with E-state index in [0.717, 1.165) is 5.56 Å². The van der Waals surface area contributed by atoms with Gasteiger partial charge in [-0.25, -0.2) is 4.39 Å². The van der Waals surface area contributed by atoms with Gasteiger partial charge in [0.15, 0.2) is 0 Å². The van der Waals surface area contributed by atoms with Crippen LogP contribution in [0.3, 0.4) is 0 Å². The van der Waals surface area contributed by atoms with Crippen LogP contribution in [0.2, 0.25) is 0 Å². The smallest absolute Gasteiger partial charge is 0.109 e. The molecule has 74 valence electrons. The van der Waals surface area contributed by atoms with Crippen LogP contribution < -0.4 is 5.73 Å². The summed E-state index contributed by atoms with van der Waals surface area (Å²) in [5, 5.41) is 0. The third-order valence-electron chi connectivity index (χ3n) is 1.71. The Morgan fingerprint density at radius 1 is 1.38 bits per heavy atom. The van der Waals surface area contributed by atoms with Crippen LogP contribution >= 0.6 is 24.2 Å². The fourth-order valence-electron chi connectivity index (χ4n) is 0.940. The molecule has 4 heteroatoms. The van der Waals surface area contributed by atoms with Gasteiger partial charge in [0.25, 0.3) is 0 Å². The molecule has 1 nitrogen and oxygen atoms in total. The van der Waals surface area contributed by atoms with E-state index in [2.05, 4.69) is 0 Å². The van der Waals surface area contributed by atoms with Crippen molar-refractivity contribution in [3.8, 4) is 0 Å². The van der Waals surface area contributed by atoms with Crippen LogP contribution in [0, 0.1) is 0 Å². The third-order valence-corrected chi connectivity index (χ3v) is 2.45. The first-order valence-corrected chi connectivity index (χ1v) is 4.96. The van der Waals surface area contributed by atoms with Crippen molar-refractivity contribution in [1.29, 1.82) is 0 Å². The standard InChI is InChI=1S/C9H12FNS.ClH/c1-12-8-4-2-7(3-5-8)9(11)6-10;/h2-5,9H,6,11H2,1H3;1H/t9-;/m1./s1. The molecule has 0 heterocycles. The van der Waals surface area contributed by atoms with E-state index in [-0.39, 0.29) is 12.4 Å². The van der Waals surface area contributed by atoms with Crippen LogP contribution in [0.15, 0.2) is 29.2 Å². The van der Waals surface area contributed by atoms with Gasteiger partial charge in [0.2, 0.25) is 0 Å². The summed E-state index contributed by atoms with van der Waals surface area (Å²) in [4.78, 5) is 1.17. The molecule has 1 rings (SSSR count). The lowest BCUT2D eigenvalue weighted by Gasteiger charge is -2.06. The lowest BCUT2D eigenvalue weighted by Crippen LogP contribution is -2.11. The van der Waals surface area contributed by atoms with Crippen molar-refractivity contribution in [1.82, 2.24) is 0 Å². The van der Waals surface area contributed by atoms with Gasteiger partial charge in [0.1, 0.15) is 6.67 Å². The van der Waals surface area contributed by atoms with Gasteiger partial charge in [-0.3, -0.25) is 0 Å². The summed E-state index contributed by atoms with van der Waals surface area (Å²) in [6.45, 7) is -0.501. The minimum Gasteiger partial charge on any atom is -0.322 e. The second-order valence-corrected chi connectivity index (χ2v) is 3.41. The molecule has 1 aromatic carbocycles. The Morgan fingerprint density at radius 2 is 1.92 bits per heavy atom. The Balaban J connectivity index is 0.00000144. The van der Waals surface area contributed by atoms with E-state index in [4.69, 9.17) is 5.73 Å². The first-order chi connectivity index (χ1) is 5.77. The van der Waals surface area contributed by atoms with E-state index in [9.17, 15) is 4.39 Å². The number of nitrogens with two attached hydrogens (primary N) is 1. The molecule has 0 spiro atoms. The molecule has 0 saturated carbocycles. The Bertz CT molecular complexity index is 240. The molecule has 2 N–H and O–H groups in total. The fraction of sp³-hybridized carbons (Fsp3) is 0.333. The second-order valence-electron chi connectivity index (χ2n) is 2.53. The molecule has 0 amide bonds. The van der Waals surface area contributed by atoms with Gasteiger partial charge in [-0.1, -0.05) is 12.1 Å².